The summed E-state index contributed by atoms with van der Waals surface area (Å²) in [4.78, 5) is 21.1. The summed E-state index contributed by atoms with van der Waals surface area (Å²) in [6.07, 6.45) is 3.42. The van der Waals surface area contributed by atoms with Gasteiger partial charge in [0.25, 0.3) is 0 Å². The minimum atomic E-state index is -0.864. The number of carbonyl (C=O) groups is 1. The van der Waals surface area contributed by atoms with E-state index >= 15 is 0 Å². The largest absolute Gasteiger partial charge is 0.298 e. The number of aryl methyl sites for hydroxylation is 1. The number of benzene rings is 1. The molecule has 0 unspecified atom stereocenters. The average Bonchev–Trinajstić information content (AvgIpc) is 3.40. The highest BCUT2D eigenvalue weighted by atomic mass is 32.2. The fourth-order valence-electron chi connectivity index (χ4n) is 3.01. The van der Waals surface area contributed by atoms with Gasteiger partial charge in [-0.2, -0.15) is 5.26 Å². The van der Waals surface area contributed by atoms with Crippen molar-refractivity contribution in [2.75, 3.05) is 5.75 Å². The van der Waals surface area contributed by atoms with E-state index in [1.807, 2.05) is 59.3 Å². The zero-order valence-corrected chi connectivity index (χ0v) is 18.3. The number of pyridine rings is 1. The van der Waals surface area contributed by atoms with Crippen molar-refractivity contribution in [3.8, 4) is 17.5 Å². The Labute approximate surface area is 187 Å². The van der Waals surface area contributed by atoms with Crippen molar-refractivity contribution >= 4 is 28.9 Å². The van der Waals surface area contributed by atoms with E-state index in [-0.39, 0.29) is 11.5 Å². The number of thiazole rings is 1. The molecule has 154 valence electrons. The van der Waals surface area contributed by atoms with Gasteiger partial charge in [0.15, 0.2) is 22.7 Å². The van der Waals surface area contributed by atoms with Crippen molar-refractivity contribution in [1.29, 1.82) is 5.26 Å². The molecule has 0 N–H and O–H groups in total. The topological polar surface area (TPSA) is 97.4 Å². The molecule has 0 saturated heterocycles. The van der Waals surface area contributed by atoms with Gasteiger partial charge in [0.1, 0.15) is 5.01 Å². The van der Waals surface area contributed by atoms with Crippen LogP contribution < -0.4 is 0 Å². The molecule has 4 aromatic rings. The fourth-order valence-corrected chi connectivity index (χ4v) is 4.71. The molecule has 0 aliphatic carbocycles. The minimum absolute atomic E-state index is 0.111. The van der Waals surface area contributed by atoms with Crippen molar-refractivity contribution in [3.05, 3.63) is 76.5 Å². The lowest BCUT2D eigenvalue weighted by Crippen LogP contribution is -2.14. The van der Waals surface area contributed by atoms with E-state index in [2.05, 4.69) is 26.2 Å². The Bertz CT molecular complexity index is 1210. The third-order valence-electron chi connectivity index (χ3n) is 4.52. The van der Waals surface area contributed by atoms with Gasteiger partial charge in [0.05, 0.1) is 18.4 Å². The number of nitriles is 1. The quantitative estimate of drug-likeness (QED) is 0.376. The first-order valence-electron chi connectivity index (χ1n) is 9.50. The molecule has 31 heavy (non-hydrogen) atoms. The number of nitrogens with zero attached hydrogens (tertiary/aromatic N) is 6. The van der Waals surface area contributed by atoms with Crippen LogP contribution in [0.15, 0.2) is 65.4 Å². The molecule has 1 aromatic carbocycles. The molecule has 3 aromatic heterocycles. The SMILES string of the molecule is Cc1csc([C@H](C#N)C(=O)CSc2nnc(-c3ccncc3)n2Cc2ccccc2)n1. The number of rotatable bonds is 8. The lowest BCUT2D eigenvalue weighted by Gasteiger charge is -2.11. The third-order valence-corrected chi connectivity index (χ3v) is 6.53. The van der Waals surface area contributed by atoms with E-state index in [1.54, 1.807) is 12.4 Å². The first-order valence-corrected chi connectivity index (χ1v) is 11.4. The maximum atomic E-state index is 12.8. The second kappa shape index (κ2) is 9.64. The number of Topliss-reactive ketones (excluding diaryl/α,β-unsaturated/α-hetero) is 1. The van der Waals surface area contributed by atoms with Gasteiger partial charge in [0, 0.05) is 29.0 Å². The van der Waals surface area contributed by atoms with Crippen LogP contribution in [0.3, 0.4) is 0 Å². The number of hydrogen-bond acceptors (Lipinski definition) is 8. The molecule has 0 amide bonds. The van der Waals surface area contributed by atoms with Crippen LogP contribution in [0.25, 0.3) is 11.4 Å². The molecule has 0 radical (unpaired) electrons. The minimum Gasteiger partial charge on any atom is -0.298 e. The van der Waals surface area contributed by atoms with Crippen molar-refractivity contribution in [3.63, 3.8) is 0 Å². The summed E-state index contributed by atoms with van der Waals surface area (Å²) in [5.74, 6) is -0.244. The van der Waals surface area contributed by atoms with Crippen LogP contribution in [-0.4, -0.2) is 36.3 Å². The summed E-state index contributed by atoms with van der Waals surface area (Å²) in [6.45, 7) is 2.41. The molecule has 0 saturated carbocycles. The van der Waals surface area contributed by atoms with Gasteiger partial charge in [-0.1, -0.05) is 42.1 Å². The van der Waals surface area contributed by atoms with Gasteiger partial charge in [-0.15, -0.1) is 21.5 Å². The van der Waals surface area contributed by atoms with Crippen LogP contribution in [0.5, 0.6) is 0 Å². The zero-order chi connectivity index (χ0) is 21.6. The fraction of sp³-hybridized carbons (Fsp3) is 0.182. The lowest BCUT2D eigenvalue weighted by atomic mass is 10.1. The van der Waals surface area contributed by atoms with Crippen LogP contribution >= 0.6 is 23.1 Å². The van der Waals surface area contributed by atoms with Crippen molar-refractivity contribution < 1.29 is 4.79 Å². The highest BCUT2D eigenvalue weighted by Gasteiger charge is 2.24. The van der Waals surface area contributed by atoms with Gasteiger partial charge >= 0.3 is 0 Å². The first kappa shape index (κ1) is 20.9. The van der Waals surface area contributed by atoms with E-state index in [0.29, 0.717) is 22.5 Å². The Kier molecular flexibility index (Phi) is 6.50. The van der Waals surface area contributed by atoms with Crippen LogP contribution in [0.4, 0.5) is 0 Å². The van der Waals surface area contributed by atoms with E-state index in [1.165, 1.54) is 23.1 Å². The van der Waals surface area contributed by atoms with Crippen LogP contribution in [0.1, 0.15) is 22.2 Å². The molecule has 0 aliphatic heterocycles. The Morgan fingerprint density at radius 1 is 1.19 bits per heavy atom. The summed E-state index contributed by atoms with van der Waals surface area (Å²) >= 11 is 2.62. The maximum absolute atomic E-state index is 12.8. The van der Waals surface area contributed by atoms with E-state index < -0.39 is 5.92 Å². The summed E-state index contributed by atoms with van der Waals surface area (Å²) in [6, 6.07) is 15.8. The molecule has 3 heterocycles. The van der Waals surface area contributed by atoms with Gasteiger partial charge in [0.2, 0.25) is 0 Å². The second-order valence-corrected chi connectivity index (χ2v) is 8.59. The molecule has 0 bridgehead atoms. The van der Waals surface area contributed by atoms with Crippen LogP contribution in [0, 0.1) is 18.3 Å². The van der Waals surface area contributed by atoms with Crippen molar-refractivity contribution in [1.82, 2.24) is 24.7 Å². The van der Waals surface area contributed by atoms with E-state index in [4.69, 9.17) is 0 Å². The number of hydrogen-bond donors (Lipinski definition) is 0. The number of aromatic nitrogens is 5. The molecular weight excluding hydrogens is 428 g/mol. The Morgan fingerprint density at radius 2 is 1.97 bits per heavy atom. The molecule has 0 spiro atoms. The summed E-state index contributed by atoms with van der Waals surface area (Å²) in [5, 5.41) is 21.2. The molecular formula is C22H18N6OS2. The second-order valence-electron chi connectivity index (χ2n) is 6.76. The normalized spacial score (nSPS) is 11.7. The predicted octanol–water partition coefficient (Wildman–Crippen LogP) is 4.12. The molecule has 9 heteroatoms. The standard InChI is InChI=1S/C22H18N6OS2/c1-15-13-30-21(25-15)18(11-23)19(29)14-31-22-27-26-20(17-7-9-24-10-8-17)28(22)12-16-5-3-2-4-6-16/h2-10,13,18H,12,14H2,1H3/t18-/m1/s1. The number of ketones is 1. The van der Waals surface area contributed by atoms with Crippen molar-refractivity contribution in [2.45, 2.75) is 24.5 Å². The van der Waals surface area contributed by atoms with Gasteiger partial charge in [-0.05, 0) is 24.6 Å². The Hall–Kier alpha value is -3.35. The van der Waals surface area contributed by atoms with E-state index in [9.17, 15) is 10.1 Å². The number of thioether (sulfide) groups is 1. The molecule has 1 atom stereocenters. The third kappa shape index (κ3) is 4.87. The predicted molar refractivity (Wildman–Crippen MR) is 120 cm³/mol. The maximum Gasteiger partial charge on any atom is 0.192 e. The first-order chi connectivity index (χ1) is 15.2. The van der Waals surface area contributed by atoms with Gasteiger partial charge < -0.3 is 0 Å². The Balaban J connectivity index is 1.58. The molecule has 0 aliphatic rings. The highest BCUT2D eigenvalue weighted by Crippen LogP contribution is 2.27. The van der Waals surface area contributed by atoms with Gasteiger partial charge in [-0.3, -0.25) is 14.3 Å². The van der Waals surface area contributed by atoms with Crippen LogP contribution in [-0.2, 0) is 11.3 Å². The molecule has 4 rings (SSSR count). The molecule has 0 fully saturated rings. The molecule has 7 nitrogen and oxygen atoms in total. The summed E-state index contributed by atoms with van der Waals surface area (Å²) in [5.41, 5.74) is 2.80. The summed E-state index contributed by atoms with van der Waals surface area (Å²) in [7, 11) is 0. The highest BCUT2D eigenvalue weighted by molar-refractivity contribution is 7.99. The van der Waals surface area contributed by atoms with Crippen LogP contribution in [0.2, 0.25) is 0 Å². The lowest BCUT2D eigenvalue weighted by molar-refractivity contribution is -0.116. The smallest absolute Gasteiger partial charge is 0.192 e. The zero-order valence-electron chi connectivity index (χ0n) is 16.7. The monoisotopic (exact) mass is 446 g/mol. The summed E-state index contributed by atoms with van der Waals surface area (Å²) < 4.78 is 1.98. The van der Waals surface area contributed by atoms with Gasteiger partial charge in [-0.25, -0.2) is 4.98 Å². The Morgan fingerprint density at radius 3 is 2.65 bits per heavy atom. The van der Waals surface area contributed by atoms with E-state index in [0.717, 1.165) is 16.8 Å². The van der Waals surface area contributed by atoms with Crippen molar-refractivity contribution in [2.24, 2.45) is 0 Å². The average molecular weight is 447 g/mol. The number of carbonyl (C=O) groups excluding carboxylic acids is 1.